The maximum Gasteiger partial charge on any atom is 0.168 e. The van der Waals surface area contributed by atoms with E-state index in [9.17, 15) is 9.18 Å². The van der Waals surface area contributed by atoms with Crippen LogP contribution in [0.3, 0.4) is 0 Å². The maximum atomic E-state index is 13.9. The molecule has 20 heavy (non-hydrogen) atoms. The third-order valence-electron chi connectivity index (χ3n) is 3.09. The van der Waals surface area contributed by atoms with Crippen LogP contribution in [0.2, 0.25) is 0 Å². The van der Waals surface area contributed by atoms with Crippen LogP contribution >= 0.6 is 0 Å². The van der Waals surface area contributed by atoms with E-state index in [0.29, 0.717) is 18.4 Å². The molecule has 0 saturated heterocycles. The molecule has 0 aliphatic carbocycles. The summed E-state index contributed by atoms with van der Waals surface area (Å²) in [5.41, 5.74) is 1.43. The first-order valence-electron chi connectivity index (χ1n) is 6.42. The topological polar surface area (TPSA) is 39.2 Å². The summed E-state index contributed by atoms with van der Waals surface area (Å²) in [6.45, 7) is 0. The molecule has 2 rings (SSSR count). The van der Waals surface area contributed by atoms with Crippen LogP contribution < -0.4 is 4.74 Å². The minimum atomic E-state index is -0.452. The summed E-state index contributed by atoms with van der Waals surface area (Å²) >= 11 is 0. The number of nitrogens with zero attached hydrogens (tertiary/aromatic N) is 1. The van der Waals surface area contributed by atoms with Crippen LogP contribution in [0.15, 0.2) is 42.7 Å². The molecular weight excluding hydrogens is 257 g/mol. The van der Waals surface area contributed by atoms with Gasteiger partial charge >= 0.3 is 0 Å². The number of benzene rings is 1. The second-order valence-corrected chi connectivity index (χ2v) is 4.50. The summed E-state index contributed by atoms with van der Waals surface area (Å²) < 4.78 is 18.8. The number of pyridine rings is 1. The number of aromatic nitrogens is 1. The van der Waals surface area contributed by atoms with Crippen molar-refractivity contribution < 1.29 is 13.9 Å². The van der Waals surface area contributed by atoms with Gasteiger partial charge in [0, 0.05) is 25.2 Å². The second-order valence-electron chi connectivity index (χ2n) is 4.50. The average molecular weight is 273 g/mol. The molecule has 104 valence electrons. The van der Waals surface area contributed by atoms with Crippen molar-refractivity contribution in [1.82, 2.24) is 4.98 Å². The van der Waals surface area contributed by atoms with Crippen LogP contribution in [0.1, 0.15) is 17.5 Å². The minimum absolute atomic E-state index is 0.00830. The molecule has 0 radical (unpaired) electrons. The van der Waals surface area contributed by atoms with Gasteiger partial charge in [0.15, 0.2) is 11.6 Å². The molecule has 0 saturated carbocycles. The number of aryl methyl sites for hydroxylation is 1. The zero-order valence-electron chi connectivity index (χ0n) is 11.3. The number of halogens is 1. The van der Waals surface area contributed by atoms with E-state index in [1.165, 1.54) is 7.11 Å². The molecule has 3 nitrogen and oxygen atoms in total. The number of ether oxygens (including phenoxy) is 1. The van der Waals surface area contributed by atoms with Crippen molar-refractivity contribution >= 4 is 5.78 Å². The van der Waals surface area contributed by atoms with Crippen LogP contribution in [0.25, 0.3) is 0 Å². The number of rotatable bonds is 6. The lowest BCUT2D eigenvalue weighted by atomic mass is 10.0. The summed E-state index contributed by atoms with van der Waals surface area (Å²) in [7, 11) is 1.41. The van der Waals surface area contributed by atoms with Gasteiger partial charge in [-0.25, -0.2) is 4.39 Å². The van der Waals surface area contributed by atoms with Gasteiger partial charge < -0.3 is 4.74 Å². The van der Waals surface area contributed by atoms with Crippen molar-refractivity contribution in [3.63, 3.8) is 0 Å². The van der Waals surface area contributed by atoms with Gasteiger partial charge in [0.1, 0.15) is 5.78 Å². The third kappa shape index (κ3) is 3.63. The number of carbonyl (C=O) groups excluding carboxylic acids is 1. The van der Waals surface area contributed by atoms with Crippen molar-refractivity contribution in [2.75, 3.05) is 7.11 Å². The van der Waals surface area contributed by atoms with E-state index in [1.54, 1.807) is 30.6 Å². The number of Topliss-reactive ketones (excluding diaryl/α,β-unsaturated/α-hetero) is 1. The quantitative estimate of drug-likeness (QED) is 0.812. The molecule has 1 heterocycles. The molecule has 0 bridgehead atoms. The Balaban J connectivity index is 1.95. The van der Waals surface area contributed by atoms with Crippen LogP contribution in [-0.4, -0.2) is 17.9 Å². The molecule has 0 N–H and O–H groups in total. The first-order chi connectivity index (χ1) is 9.70. The lowest BCUT2D eigenvalue weighted by Crippen LogP contribution is -2.06. The van der Waals surface area contributed by atoms with Gasteiger partial charge in [-0.05, 0) is 35.7 Å². The zero-order chi connectivity index (χ0) is 14.4. The summed E-state index contributed by atoms with van der Waals surface area (Å²) in [5.74, 6) is -0.273. The minimum Gasteiger partial charge on any atom is -0.494 e. The third-order valence-corrected chi connectivity index (χ3v) is 3.09. The monoisotopic (exact) mass is 273 g/mol. The summed E-state index contributed by atoms with van der Waals surface area (Å²) in [5, 5.41) is 0. The number of carbonyl (C=O) groups is 1. The van der Waals surface area contributed by atoms with Crippen molar-refractivity contribution in [3.05, 3.63) is 59.7 Å². The van der Waals surface area contributed by atoms with E-state index in [2.05, 4.69) is 4.98 Å². The van der Waals surface area contributed by atoms with Crippen LogP contribution in [-0.2, 0) is 17.6 Å². The number of hydrogen-bond acceptors (Lipinski definition) is 3. The van der Waals surface area contributed by atoms with E-state index in [0.717, 1.165) is 5.56 Å². The summed E-state index contributed by atoms with van der Waals surface area (Å²) in [6.07, 6.45) is 4.52. The summed E-state index contributed by atoms with van der Waals surface area (Å²) in [4.78, 5) is 15.8. The summed E-state index contributed by atoms with van der Waals surface area (Å²) in [6, 6.07) is 8.59. The highest BCUT2D eigenvalue weighted by molar-refractivity contribution is 5.81. The van der Waals surface area contributed by atoms with E-state index in [-0.39, 0.29) is 18.0 Å². The number of hydrogen-bond donors (Lipinski definition) is 0. The number of ketones is 1. The maximum absolute atomic E-state index is 13.9. The normalized spacial score (nSPS) is 10.3. The van der Waals surface area contributed by atoms with Gasteiger partial charge in [-0.15, -0.1) is 0 Å². The average Bonchev–Trinajstić information content (AvgIpc) is 2.48. The van der Waals surface area contributed by atoms with Gasteiger partial charge in [-0.3, -0.25) is 9.78 Å². The predicted octanol–water partition coefficient (Wildman–Crippen LogP) is 2.97. The molecule has 2 aromatic rings. The Morgan fingerprint density at radius 2 is 2.00 bits per heavy atom. The number of methoxy groups -OCH3 is 1. The molecule has 0 unspecified atom stereocenters. The Morgan fingerprint density at radius 3 is 2.70 bits per heavy atom. The fourth-order valence-corrected chi connectivity index (χ4v) is 1.98. The fraction of sp³-hybridized carbons (Fsp3) is 0.250. The van der Waals surface area contributed by atoms with E-state index in [1.807, 2.05) is 12.1 Å². The van der Waals surface area contributed by atoms with Crippen LogP contribution in [0.5, 0.6) is 5.75 Å². The van der Waals surface area contributed by atoms with Crippen LogP contribution in [0.4, 0.5) is 4.39 Å². The van der Waals surface area contributed by atoms with Crippen LogP contribution in [0, 0.1) is 5.82 Å². The molecule has 1 aromatic heterocycles. The largest absolute Gasteiger partial charge is 0.494 e. The Kier molecular flexibility index (Phi) is 4.82. The van der Waals surface area contributed by atoms with Gasteiger partial charge in [-0.1, -0.05) is 12.1 Å². The highest BCUT2D eigenvalue weighted by atomic mass is 19.1. The Morgan fingerprint density at radius 1 is 1.25 bits per heavy atom. The lowest BCUT2D eigenvalue weighted by Gasteiger charge is -2.07. The fourth-order valence-electron chi connectivity index (χ4n) is 1.98. The van der Waals surface area contributed by atoms with Crippen molar-refractivity contribution in [1.29, 1.82) is 0 Å². The van der Waals surface area contributed by atoms with Crippen molar-refractivity contribution in [3.8, 4) is 5.75 Å². The Hall–Kier alpha value is -2.23. The molecule has 4 heteroatoms. The highest BCUT2D eigenvalue weighted by Gasteiger charge is 2.12. The molecule has 0 fully saturated rings. The van der Waals surface area contributed by atoms with Gasteiger partial charge in [0.25, 0.3) is 0 Å². The van der Waals surface area contributed by atoms with E-state index < -0.39 is 5.82 Å². The van der Waals surface area contributed by atoms with Gasteiger partial charge in [0.2, 0.25) is 0 Å². The molecule has 1 aromatic carbocycles. The first kappa shape index (κ1) is 14.2. The molecule has 0 aliphatic rings. The van der Waals surface area contributed by atoms with E-state index >= 15 is 0 Å². The highest BCUT2D eigenvalue weighted by Crippen LogP contribution is 2.20. The predicted molar refractivity (Wildman–Crippen MR) is 74.2 cm³/mol. The molecule has 0 amide bonds. The van der Waals surface area contributed by atoms with Gasteiger partial charge in [-0.2, -0.15) is 0 Å². The SMILES string of the molecule is COc1cccc(CC(=O)CCc2ccncc2)c1F. The van der Waals surface area contributed by atoms with Crippen molar-refractivity contribution in [2.45, 2.75) is 19.3 Å². The Bertz CT molecular complexity index is 584. The molecule has 0 aliphatic heterocycles. The zero-order valence-corrected chi connectivity index (χ0v) is 11.3. The molecule has 0 atom stereocenters. The smallest absolute Gasteiger partial charge is 0.168 e. The standard InChI is InChI=1S/C16H16FNO2/c1-20-15-4-2-3-13(16(15)17)11-14(19)6-5-12-7-9-18-10-8-12/h2-4,7-10H,5-6,11H2,1H3. The van der Waals surface area contributed by atoms with Crippen molar-refractivity contribution in [2.24, 2.45) is 0 Å². The first-order valence-corrected chi connectivity index (χ1v) is 6.42. The Labute approximate surface area is 117 Å². The second kappa shape index (κ2) is 6.80. The lowest BCUT2D eigenvalue weighted by molar-refractivity contribution is -0.118. The van der Waals surface area contributed by atoms with Gasteiger partial charge in [0.05, 0.1) is 7.11 Å². The molecular formula is C16H16FNO2. The van der Waals surface area contributed by atoms with E-state index in [4.69, 9.17) is 4.74 Å². The molecule has 0 spiro atoms.